The van der Waals surface area contributed by atoms with Crippen molar-refractivity contribution in [1.82, 2.24) is 9.47 Å². The van der Waals surface area contributed by atoms with Crippen LogP contribution in [0.5, 0.6) is 0 Å². The third-order valence-electron chi connectivity index (χ3n) is 4.00. The molecule has 1 N–H and O–H groups in total. The minimum atomic E-state index is -1.03. The summed E-state index contributed by atoms with van der Waals surface area (Å²) in [6.45, 7) is 0.374. The Morgan fingerprint density at radius 2 is 2.05 bits per heavy atom. The minimum absolute atomic E-state index is 0.114. The standard InChI is InChI=1S/C13H15N3O5/c17-12(14-5-1-2-10(14)13(18)19)11-6-9(16(20)21)7-15(11)8-3-4-8/h6-8,10H,1-5H2,(H,18,19)/t10-/m1/s1. The average molecular weight is 293 g/mol. The second kappa shape index (κ2) is 4.87. The predicted octanol–water partition coefficient (Wildman–Crippen LogP) is 1.42. The number of likely N-dealkylation sites (tertiary alicyclic amines) is 1. The summed E-state index contributed by atoms with van der Waals surface area (Å²) in [6.07, 6.45) is 4.20. The number of hydrogen-bond acceptors (Lipinski definition) is 4. The number of hydrogen-bond donors (Lipinski definition) is 1. The van der Waals surface area contributed by atoms with E-state index in [0.717, 1.165) is 12.8 Å². The van der Waals surface area contributed by atoms with Gasteiger partial charge < -0.3 is 14.6 Å². The van der Waals surface area contributed by atoms with Crippen LogP contribution in [0.15, 0.2) is 12.3 Å². The van der Waals surface area contributed by atoms with Gasteiger partial charge in [-0.15, -0.1) is 0 Å². The van der Waals surface area contributed by atoms with Crippen LogP contribution in [0.4, 0.5) is 5.69 Å². The maximum Gasteiger partial charge on any atom is 0.326 e. The summed E-state index contributed by atoms with van der Waals surface area (Å²) in [5, 5.41) is 20.1. The zero-order valence-electron chi connectivity index (χ0n) is 11.3. The first kappa shape index (κ1) is 13.6. The van der Waals surface area contributed by atoms with Gasteiger partial charge in [0.1, 0.15) is 11.7 Å². The van der Waals surface area contributed by atoms with Crippen LogP contribution in [0.3, 0.4) is 0 Å². The van der Waals surface area contributed by atoms with Gasteiger partial charge in [0.05, 0.1) is 11.1 Å². The van der Waals surface area contributed by atoms with Gasteiger partial charge in [-0.25, -0.2) is 4.79 Å². The topological polar surface area (TPSA) is 106 Å². The molecule has 1 saturated carbocycles. The smallest absolute Gasteiger partial charge is 0.326 e. The molecular formula is C13H15N3O5. The molecule has 0 unspecified atom stereocenters. The Balaban J connectivity index is 1.93. The van der Waals surface area contributed by atoms with Gasteiger partial charge >= 0.3 is 5.97 Å². The third kappa shape index (κ3) is 2.37. The van der Waals surface area contributed by atoms with Crippen molar-refractivity contribution < 1.29 is 19.6 Å². The Kier molecular flexibility index (Phi) is 3.15. The molecule has 1 aromatic rings. The van der Waals surface area contributed by atoms with E-state index in [1.165, 1.54) is 17.2 Å². The summed E-state index contributed by atoms with van der Waals surface area (Å²) in [7, 11) is 0. The van der Waals surface area contributed by atoms with Gasteiger partial charge in [-0.05, 0) is 25.7 Å². The Morgan fingerprint density at radius 3 is 2.62 bits per heavy atom. The lowest BCUT2D eigenvalue weighted by atomic mass is 10.2. The summed E-state index contributed by atoms with van der Waals surface area (Å²) in [5.74, 6) is -1.46. The van der Waals surface area contributed by atoms with Crippen molar-refractivity contribution in [3.63, 3.8) is 0 Å². The average Bonchev–Trinajstić information content (AvgIpc) is 3.01. The van der Waals surface area contributed by atoms with Crippen molar-refractivity contribution in [3.8, 4) is 0 Å². The molecule has 2 aliphatic rings. The fourth-order valence-electron chi connectivity index (χ4n) is 2.80. The first-order valence-corrected chi connectivity index (χ1v) is 6.89. The highest BCUT2D eigenvalue weighted by molar-refractivity contribution is 5.96. The van der Waals surface area contributed by atoms with Crippen LogP contribution in [0.1, 0.15) is 42.2 Å². The summed E-state index contributed by atoms with van der Waals surface area (Å²) < 4.78 is 1.62. The van der Waals surface area contributed by atoms with E-state index in [9.17, 15) is 19.7 Å². The van der Waals surface area contributed by atoms with E-state index < -0.39 is 22.8 Å². The zero-order valence-corrected chi connectivity index (χ0v) is 11.3. The number of aliphatic carboxylic acids is 1. The second-order valence-electron chi connectivity index (χ2n) is 5.47. The lowest BCUT2D eigenvalue weighted by Gasteiger charge is -2.21. The van der Waals surface area contributed by atoms with E-state index in [4.69, 9.17) is 5.11 Å². The van der Waals surface area contributed by atoms with E-state index >= 15 is 0 Å². The van der Waals surface area contributed by atoms with Gasteiger partial charge in [-0.2, -0.15) is 0 Å². The molecule has 1 saturated heterocycles. The number of carboxylic acids is 1. The molecular weight excluding hydrogens is 278 g/mol. The summed E-state index contributed by atoms with van der Waals surface area (Å²) >= 11 is 0. The van der Waals surface area contributed by atoms with Crippen molar-refractivity contribution in [3.05, 3.63) is 28.1 Å². The largest absolute Gasteiger partial charge is 0.480 e. The first-order valence-electron chi connectivity index (χ1n) is 6.89. The van der Waals surface area contributed by atoms with Gasteiger partial charge in [-0.3, -0.25) is 14.9 Å². The number of nitro groups is 1. The van der Waals surface area contributed by atoms with E-state index in [2.05, 4.69) is 0 Å². The quantitative estimate of drug-likeness (QED) is 0.667. The summed E-state index contributed by atoms with van der Waals surface area (Å²) in [4.78, 5) is 35.4. The van der Waals surface area contributed by atoms with E-state index in [1.807, 2.05) is 0 Å². The molecule has 0 radical (unpaired) electrons. The summed E-state index contributed by atoms with van der Waals surface area (Å²) in [5.41, 5.74) is 0.0914. The molecule has 21 heavy (non-hydrogen) atoms. The molecule has 2 fully saturated rings. The highest BCUT2D eigenvalue weighted by Crippen LogP contribution is 2.38. The molecule has 8 nitrogen and oxygen atoms in total. The number of aromatic nitrogens is 1. The summed E-state index contributed by atoms with van der Waals surface area (Å²) in [6, 6.07) is 0.528. The van der Waals surface area contributed by atoms with Gasteiger partial charge in [0.2, 0.25) is 0 Å². The van der Waals surface area contributed by atoms with Crippen molar-refractivity contribution >= 4 is 17.6 Å². The van der Waals surface area contributed by atoms with Crippen LogP contribution in [0, 0.1) is 10.1 Å². The lowest BCUT2D eigenvalue weighted by Crippen LogP contribution is -2.41. The van der Waals surface area contributed by atoms with Crippen LogP contribution in [-0.2, 0) is 4.79 Å². The van der Waals surface area contributed by atoms with Gasteiger partial charge in [0.25, 0.3) is 11.6 Å². The monoisotopic (exact) mass is 293 g/mol. The number of amides is 1. The van der Waals surface area contributed by atoms with Crippen LogP contribution >= 0.6 is 0 Å². The third-order valence-corrected chi connectivity index (χ3v) is 4.00. The molecule has 0 bridgehead atoms. The molecule has 0 aromatic carbocycles. The van der Waals surface area contributed by atoms with E-state index in [-0.39, 0.29) is 17.4 Å². The van der Waals surface area contributed by atoms with Crippen molar-refractivity contribution in [2.24, 2.45) is 0 Å². The van der Waals surface area contributed by atoms with E-state index in [1.54, 1.807) is 4.57 Å². The molecule has 1 amide bonds. The van der Waals surface area contributed by atoms with Crippen molar-refractivity contribution in [1.29, 1.82) is 0 Å². The fourth-order valence-corrected chi connectivity index (χ4v) is 2.80. The normalized spacial score (nSPS) is 21.5. The van der Waals surface area contributed by atoms with Crippen LogP contribution in [0.2, 0.25) is 0 Å². The Morgan fingerprint density at radius 1 is 1.33 bits per heavy atom. The molecule has 3 rings (SSSR count). The zero-order chi connectivity index (χ0) is 15.1. The molecule has 112 valence electrons. The maximum atomic E-state index is 12.6. The SMILES string of the molecule is O=C(O)[C@H]1CCCN1C(=O)c1cc([N+](=O)[O-])cn1C1CC1. The molecule has 2 heterocycles. The van der Waals surface area contributed by atoms with Crippen molar-refractivity contribution in [2.45, 2.75) is 37.8 Å². The molecule has 1 aliphatic heterocycles. The molecule has 1 aromatic heterocycles. The van der Waals surface area contributed by atoms with Gasteiger partial charge in [0.15, 0.2) is 0 Å². The molecule has 1 aliphatic carbocycles. The second-order valence-corrected chi connectivity index (χ2v) is 5.47. The van der Waals surface area contributed by atoms with Crippen LogP contribution in [0.25, 0.3) is 0 Å². The number of rotatable bonds is 4. The molecule has 0 spiro atoms. The number of carboxylic acid groups (broad SMARTS) is 1. The minimum Gasteiger partial charge on any atom is -0.480 e. The maximum absolute atomic E-state index is 12.6. The van der Waals surface area contributed by atoms with Gasteiger partial charge in [0, 0.05) is 18.7 Å². The number of carbonyl (C=O) groups is 2. The Hall–Kier alpha value is -2.38. The Bertz CT molecular complexity index is 619. The molecule has 1 atom stereocenters. The number of nitrogens with zero attached hydrogens (tertiary/aromatic N) is 3. The van der Waals surface area contributed by atoms with E-state index in [0.29, 0.717) is 19.4 Å². The lowest BCUT2D eigenvalue weighted by molar-refractivity contribution is -0.384. The predicted molar refractivity (Wildman–Crippen MR) is 71.1 cm³/mol. The molecule has 8 heteroatoms. The van der Waals surface area contributed by atoms with Crippen LogP contribution in [-0.4, -0.2) is 44.0 Å². The van der Waals surface area contributed by atoms with Gasteiger partial charge in [-0.1, -0.05) is 0 Å². The highest BCUT2D eigenvalue weighted by Gasteiger charge is 2.38. The first-order chi connectivity index (χ1) is 9.99. The Labute approximate surface area is 120 Å². The number of carbonyl (C=O) groups excluding carboxylic acids is 1. The van der Waals surface area contributed by atoms with Crippen LogP contribution < -0.4 is 0 Å². The fraction of sp³-hybridized carbons (Fsp3) is 0.538. The van der Waals surface area contributed by atoms with Crippen molar-refractivity contribution in [2.75, 3.05) is 6.54 Å². The highest BCUT2D eigenvalue weighted by atomic mass is 16.6.